The number of anilines is 1. The van der Waals surface area contributed by atoms with Crippen LogP contribution in [0.4, 0.5) is 5.69 Å². The molecule has 224 valence electrons. The Bertz CT molecular complexity index is 1510. The number of amides is 2. The molecular weight excluding hydrogens is 578 g/mol. The van der Waals surface area contributed by atoms with Crippen LogP contribution in [0.5, 0.6) is 11.5 Å². The Hall–Kier alpha value is -3.76. The number of halogens is 1. The van der Waals surface area contributed by atoms with Crippen molar-refractivity contribution < 1.29 is 27.5 Å². The molecule has 1 aliphatic rings. The van der Waals surface area contributed by atoms with Crippen molar-refractivity contribution in [3.8, 4) is 11.5 Å². The first kappa shape index (κ1) is 31.2. The lowest BCUT2D eigenvalue weighted by molar-refractivity contribution is -0.141. The lowest BCUT2D eigenvalue weighted by Gasteiger charge is -2.35. The highest BCUT2D eigenvalue weighted by Crippen LogP contribution is 2.36. The fourth-order valence-corrected chi connectivity index (χ4v) is 6.15. The molecule has 42 heavy (non-hydrogen) atoms. The maximum Gasteiger partial charge on any atom is 0.264 e. The van der Waals surface area contributed by atoms with Gasteiger partial charge in [-0.05, 0) is 69.2 Å². The molecule has 0 bridgehead atoms. The van der Waals surface area contributed by atoms with E-state index < -0.39 is 34.1 Å². The summed E-state index contributed by atoms with van der Waals surface area (Å²) in [7, 11) is -4.20. The molecule has 2 amide bonds. The van der Waals surface area contributed by atoms with Gasteiger partial charge in [0.15, 0.2) is 11.5 Å². The van der Waals surface area contributed by atoms with Crippen LogP contribution >= 0.6 is 11.6 Å². The molecule has 0 aliphatic carbocycles. The number of carbonyl (C=O) groups excluding carboxylic acids is 2. The first-order valence-corrected chi connectivity index (χ1v) is 15.5. The minimum absolute atomic E-state index is 0.0226. The monoisotopic (exact) mass is 613 g/mol. The third-order valence-electron chi connectivity index (χ3n) is 6.57. The van der Waals surface area contributed by atoms with E-state index in [0.29, 0.717) is 36.2 Å². The van der Waals surface area contributed by atoms with Gasteiger partial charge in [-0.15, -0.1) is 0 Å². The highest BCUT2D eigenvalue weighted by molar-refractivity contribution is 7.92. The van der Waals surface area contributed by atoms with E-state index in [1.165, 1.54) is 17.0 Å². The Morgan fingerprint density at radius 2 is 1.60 bits per heavy atom. The van der Waals surface area contributed by atoms with Crippen LogP contribution < -0.4 is 19.1 Å². The molecule has 1 atom stereocenters. The molecule has 1 unspecified atom stereocenters. The number of fused-ring (bicyclic) bond motifs is 1. The standard InChI is InChI=1S/C31H36ClN3O6S/c1-5-26(30(37)33-31(2,3)4)34(20-22-11-13-23(32)14-12-22)29(36)21-35(42(38,39)25-9-7-6-8-10-25)24-15-16-27-28(19-24)41-18-17-40-27/h6-16,19,26H,5,17-18,20-21H2,1-4H3,(H,33,37). The van der Waals surface area contributed by atoms with Crippen LogP contribution in [0.2, 0.25) is 5.02 Å². The summed E-state index contributed by atoms with van der Waals surface area (Å²) in [6.45, 7) is 7.61. The number of carbonyl (C=O) groups is 2. The molecular formula is C31H36ClN3O6S. The van der Waals surface area contributed by atoms with Gasteiger partial charge in [0.05, 0.1) is 10.6 Å². The normalized spacial score (nSPS) is 13.6. The van der Waals surface area contributed by atoms with Crippen molar-refractivity contribution >= 4 is 39.1 Å². The molecule has 0 radical (unpaired) electrons. The molecule has 0 saturated carbocycles. The van der Waals surface area contributed by atoms with E-state index >= 15 is 0 Å². The highest BCUT2D eigenvalue weighted by Gasteiger charge is 2.35. The maximum absolute atomic E-state index is 14.2. The second-order valence-corrected chi connectivity index (χ2v) is 13.3. The zero-order valence-electron chi connectivity index (χ0n) is 24.2. The van der Waals surface area contributed by atoms with Crippen molar-refractivity contribution in [3.63, 3.8) is 0 Å². The second-order valence-electron chi connectivity index (χ2n) is 11.0. The lowest BCUT2D eigenvalue weighted by Crippen LogP contribution is -2.55. The van der Waals surface area contributed by atoms with Gasteiger partial charge in [-0.3, -0.25) is 13.9 Å². The Balaban J connectivity index is 1.76. The smallest absolute Gasteiger partial charge is 0.264 e. The van der Waals surface area contributed by atoms with Crippen molar-refractivity contribution in [2.75, 3.05) is 24.1 Å². The summed E-state index contributed by atoms with van der Waals surface area (Å²) in [5, 5.41) is 3.49. The quantitative estimate of drug-likeness (QED) is 0.344. The van der Waals surface area contributed by atoms with Crippen LogP contribution in [0.3, 0.4) is 0 Å². The van der Waals surface area contributed by atoms with Crippen LogP contribution in [0.15, 0.2) is 77.7 Å². The zero-order valence-corrected chi connectivity index (χ0v) is 25.7. The van der Waals surface area contributed by atoms with Crippen molar-refractivity contribution in [2.24, 2.45) is 0 Å². The molecule has 3 aromatic rings. The number of ether oxygens (including phenoxy) is 2. The molecule has 1 heterocycles. The van der Waals surface area contributed by atoms with E-state index in [1.54, 1.807) is 60.7 Å². The Morgan fingerprint density at radius 3 is 2.21 bits per heavy atom. The van der Waals surface area contributed by atoms with E-state index in [1.807, 2.05) is 27.7 Å². The first-order chi connectivity index (χ1) is 19.9. The molecule has 11 heteroatoms. The molecule has 0 spiro atoms. The van der Waals surface area contributed by atoms with Gasteiger partial charge in [0.1, 0.15) is 25.8 Å². The number of nitrogens with one attached hydrogen (secondary N) is 1. The second kappa shape index (κ2) is 13.0. The summed E-state index contributed by atoms with van der Waals surface area (Å²) >= 11 is 6.08. The number of hydrogen-bond donors (Lipinski definition) is 1. The molecule has 0 saturated heterocycles. The summed E-state index contributed by atoms with van der Waals surface area (Å²) in [6, 6.07) is 18.8. The topological polar surface area (TPSA) is 105 Å². The van der Waals surface area contributed by atoms with Crippen LogP contribution in [0.25, 0.3) is 0 Å². The fourth-order valence-electron chi connectivity index (χ4n) is 4.59. The van der Waals surface area contributed by atoms with Gasteiger partial charge in [-0.2, -0.15) is 0 Å². The summed E-state index contributed by atoms with van der Waals surface area (Å²) in [5.74, 6) is -0.00418. The van der Waals surface area contributed by atoms with Crippen LogP contribution in [-0.2, 0) is 26.2 Å². The van der Waals surface area contributed by atoms with Crippen molar-refractivity contribution in [2.45, 2.75) is 57.1 Å². The predicted molar refractivity (Wildman–Crippen MR) is 162 cm³/mol. The van der Waals surface area contributed by atoms with E-state index in [0.717, 1.165) is 9.87 Å². The van der Waals surface area contributed by atoms with Gasteiger partial charge in [0.25, 0.3) is 10.0 Å². The molecule has 9 nitrogen and oxygen atoms in total. The minimum atomic E-state index is -4.20. The number of rotatable bonds is 10. The highest BCUT2D eigenvalue weighted by atomic mass is 35.5. The van der Waals surface area contributed by atoms with E-state index in [9.17, 15) is 18.0 Å². The minimum Gasteiger partial charge on any atom is -0.486 e. The van der Waals surface area contributed by atoms with Crippen molar-refractivity contribution in [1.82, 2.24) is 10.2 Å². The van der Waals surface area contributed by atoms with Crippen molar-refractivity contribution in [1.29, 1.82) is 0 Å². The summed E-state index contributed by atoms with van der Waals surface area (Å²) in [4.78, 5) is 29.1. The predicted octanol–water partition coefficient (Wildman–Crippen LogP) is 5.03. The SMILES string of the molecule is CCC(C(=O)NC(C)(C)C)N(Cc1ccc(Cl)cc1)C(=O)CN(c1ccc2c(c1)OCCO2)S(=O)(=O)c1ccccc1. The van der Waals surface area contributed by atoms with Gasteiger partial charge in [-0.1, -0.05) is 48.9 Å². The third kappa shape index (κ3) is 7.54. The van der Waals surface area contributed by atoms with Gasteiger partial charge in [-0.25, -0.2) is 8.42 Å². The fraction of sp³-hybridized carbons (Fsp3) is 0.355. The number of nitrogens with zero attached hydrogens (tertiary/aromatic N) is 2. The van der Waals surface area contributed by atoms with Gasteiger partial charge in [0, 0.05) is 23.2 Å². The molecule has 1 aliphatic heterocycles. The largest absolute Gasteiger partial charge is 0.486 e. The molecule has 3 aromatic carbocycles. The Kier molecular flexibility index (Phi) is 9.68. The summed E-state index contributed by atoms with van der Waals surface area (Å²) in [6.07, 6.45) is 0.316. The third-order valence-corrected chi connectivity index (χ3v) is 8.61. The van der Waals surface area contributed by atoms with E-state index in [2.05, 4.69) is 5.32 Å². The van der Waals surface area contributed by atoms with Crippen molar-refractivity contribution in [3.05, 3.63) is 83.4 Å². The molecule has 0 fully saturated rings. The first-order valence-electron chi connectivity index (χ1n) is 13.7. The van der Waals surface area contributed by atoms with Gasteiger partial charge < -0.3 is 19.7 Å². The Labute approximate surface area is 252 Å². The maximum atomic E-state index is 14.2. The van der Waals surface area contributed by atoms with Gasteiger partial charge >= 0.3 is 0 Å². The van der Waals surface area contributed by atoms with Crippen LogP contribution in [-0.4, -0.2) is 56.5 Å². The zero-order chi connectivity index (χ0) is 30.5. The summed E-state index contributed by atoms with van der Waals surface area (Å²) in [5.41, 5.74) is 0.439. The lowest BCUT2D eigenvalue weighted by atomic mass is 10.1. The average molecular weight is 614 g/mol. The molecule has 4 rings (SSSR count). The van der Waals surface area contributed by atoms with E-state index in [4.69, 9.17) is 21.1 Å². The molecule has 0 aromatic heterocycles. The Morgan fingerprint density at radius 1 is 0.952 bits per heavy atom. The number of benzene rings is 3. The number of hydrogen-bond acceptors (Lipinski definition) is 6. The van der Waals surface area contributed by atoms with Gasteiger partial charge in [0.2, 0.25) is 11.8 Å². The molecule has 1 N–H and O–H groups in total. The number of sulfonamides is 1. The summed E-state index contributed by atoms with van der Waals surface area (Å²) < 4.78 is 40.4. The van der Waals surface area contributed by atoms with E-state index in [-0.39, 0.29) is 23.0 Å². The average Bonchev–Trinajstić information content (AvgIpc) is 2.96. The van der Waals surface area contributed by atoms with Crippen LogP contribution in [0.1, 0.15) is 39.7 Å². The van der Waals surface area contributed by atoms with Crippen LogP contribution in [0, 0.1) is 0 Å².